The summed E-state index contributed by atoms with van der Waals surface area (Å²) in [7, 11) is 5.72. The van der Waals surface area contributed by atoms with Gasteiger partial charge in [-0.15, -0.1) is 0 Å². The van der Waals surface area contributed by atoms with Crippen LogP contribution in [0.2, 0.25) is 0 Å². The number of carbonyl (C=O) groups is 7. The molecule has 662 valence electrons. The highest BCUT2D eigenvalue weighted by Crippen LogP contribution is 2.34. The number of anilines is 2. The molecule has 7 rings (SSSR count). The maximum absolute atomic E-state index is 14.0. The van der Waals surface area contributed by atoms with Crippen molar-refractivity contribution in [2.24, 2.45) is 0 Å². The Morgan fingerprint density at radius 2 is 1.12 bits per heavy atom. The van der Waals surface area contributed by atoms with Gasteiger partial charge in [0.25, 0.3) is 11.8 Å². The summed E-state index contributed by atoms with van der Waals surface area (Å²) in [5, 5.41) is 63.9. The lowest BCUT2D eigenvalue weighted by molar-refractivity contribution is -0.916. The molecule has 4 heterocycles. The number of imidazole rings is 1. The van der Waals surface area contributed by atoms with E-state index in [1.54, 1.807) is 37.4 Å². The van der Waals surface area contributed by atoms with Gasteiger partial charge in [0, 0.05) is 87.6 Å². The van der Waals surface area contributed by atoms with Crippen LogP contribution in [0.15, 0.2) is 72.8 Å². The number of nitrogens with zero attached hydrogens (tertiary/aromatic N) is 5. The fourth-order valence-electron chi connectivity index (χ4n) is 12.9. The van der Waals surface area contributed by atoms with Gasteiger partial charge in [0.15, 0.2) is 5.82 Å². The van der Waals surface area contributed by atoms with Crippen LogP contribution in [-0.2, 0) is 116 Å². The van der Waals surface area contributed by atoms with Gasteiger partial charge in [-0.3, -0.25) is 33.7 Å². The molecule has 6 amide bonds. The van der Waals surface area contributed by atoms with E-state index in [-0.39, 0.29) is 87.3 Å². The molecule has 0 saturated carbocycles. The third kappa shape index (κ3) is 36.1. The Morgan fingerprint density at radius 3 is 1.67 bits per heavy atom. The second-order valence-electron chi connectivity index (χ2n) is 29.2. The molecule has 2 aliphatic rings. The summed E-state index contributed by atoms with van der Waals surface area (Å²) in [5.41, 5.74) is 11.3. The molecule has 0 aliphatic carbocycles. The first kappa shape index (κ1) is 97.8. The highest BCUT2D eigenvalue weighted by atomic mass is 16.7. The second kappa shape index (κ2) is 55.5. The van der Waals surface area contributed by atoms with Crippen LogP contribution in [0.1, 0.15) is 110 Å². The number of quaternary nitrogens is 1. The van der Waals surface area contributed by atoms with Gasteiger partial charge in [-0.05, 0) is 80.5 Å². The Balaban J connectivity index is 0.799. The number of aromatic nitrogens is 3. The van der Waals surface area contributed by atoms with Crippen molar-refractivity contribution in [3.8, 4) is 5.75 Å². The summed E-state index contributed by atoms with van der Waals surface area (Å²) < 4.78 is 79.8. The number of aliphatic hydroxyl groups excluding tert-OH is 4. The van der Waals surface area contributed by atoms with Gasteiger partial charge in [-0.1, -0.05) is 44.0 Å². The SMILES string of the molecule is CCCCc1nc2c(N)nc3cc(C(=O)O)ccc3c2n1Cc1ccc(C[N+](C)(C)Cc2ccc(O[C@H]3O[C@H](CO)[C@@H](O)[C@H](O)[C@@H]3O)c(NC(=O)CCNC(=O)[C@H](CCCCNC(=O)CCOCCOCCOCCOCCOCCOCCOCCOCCOCCOCCOCCOC)NC(=O)CCCCCN3C(=O)C=CC3=O)c2)cc1. The monoisotopic (exact) mass is 1680 g/mol. The van der Waals surface area contributed by atoms with Crippen molar-refractivity contribution in [3.63, 3.8) is 0 Å². The molecule has 2 aromatic heterocycles. The fraction of sp³-hybridized carbons (Fsp3) is 0.627. The molecule has 0 bridgehead atoms. The Morgan fingerprint density at radius 1 is 0.571 bits per heavy atom. The molecule has 36 heteroatoms. The van der Waals surface area contributed by atoms with E-state index in [4.69, 9.17) is 77.0 Å². The molecule has 36 nitrogen and oxygen atoms in total. The van der Waals surface area contributed by atoms with Crippen molar-refractivity contribution in [1.29, 1.82) is 0 Å². The predicted octanol–water partition coefficient (Wildman–Crippen LogP) is 3.13. The lowest BCUT2D eigenvalue weighted by atomic mass is 9.99. The summed E-state index contributed by atoms with van der Waals surface area (Å²) in [5.74, 6) is -2.55. The number of methoxy groups -OCH3 is 1. The molecule has 119 heavy (non-hydrogen) atoms. The number of amides is 6. The number of aryl methyl sites for hydroxylation is 1. The number of carboxylic acid groups (broad SMARTS) is 1. The zero-order valence-electron chi connectivity index (χ0n) is 69.2. The van der Waals surface area contributed by atoms with E-state index >= 15 is 0 Å². The highest BCUT2D eigenvalue weighted by Gasteiger charge is 2.45. The number of pyridine rings is 1. The van der Waals surface area contributed by atoms with Crippen LogP contribution in [0, 0.1) is 0 Å². The Kier molecular flexibility index (Phi) is 45.6. The van der Waals surface area contributed by atoms with E-state index in [0.717, 1.165) is 51.2 Å². The molecule has 1 fully saturated rings. The first-order chi connectivity index (χ1) is 57.7. The number of hydrogen-bond donors (Lipinski definition) is 10. The molecular formula is C83H125N10O26+. The summed E-state index contributed by atoms with van der Waals surface area (Å²) in [6.07, 6.45) is -0.724. The van der Waals surface area contributed by atoms with Crippen molar-refractivity contribution < 1.29 is 130 Å². The second-order valence-corrected chi connectivity index (χ2v) is 29.2. The van der Waals surface area contributed by atoms with Crippen molar-refractivity contribution in [2.45, 2.75) is 140 Å². The normalized spacial score (nSPS) is 16.4. The number of hydrogen-bond acceptors (Lipinski definition) is 28. The average molecular weight is 1680 g/mol. The molecule has 0 radical (unpaired) electrons. The molecular weight excluding hydrogens is 1550 g/mol. The van der Waals surface area contributed by atoms with Crippen LogP contribution in [0.4, 0.5) is 11.5 Å². The number of carboxylic acids is 1. The third-order valence-electron chi connectivity index (χ3n) is 19.1. The smallest absolute Gasteiger partial charge is 0.335 e. The highest BCUT2D eigenvalue weighted by molar-refractivity contribution is 6.13. The number of aliphatic hydroxyl groups is 4. The molecule has 5 aromatic rings. The third-order valence-corrected chi connectivity index (χ3v) is 19.1. The first-order valence-electron chi connectivity index (χ1n) is 41.0. The van der Waals surface area contributed by atoms with Crippen molar-refractivity contribution in [3.05, 3.63) is 101 Å². The number of unbranched alkanes of at least 4 members (excludes halogenated alkanes) is 4. The standard InChI is InChI=1S/C83H124N10O26/c1-5-6-13-69-90-75-76(63-21-20-62(82(104)105)54-65(63)89-80(75)84)92(69)55-59-15-17-60(18-16-59)56-93(2,3)57-61-19-22-67(118-83-79(102)78(101)77(100)68(58-94)119-83)66(53-61)88-72(97)25-28-86-81(103)64(87-71(96)14-8-7-11-29-91-73(98)23-24-74(91)99)12-9-10-27-85-70(95)26-30-107-33-34-109-37-38-111-41-42-113-45-46-115-49-50-117-52-51-116-48-47-114-44-43-112-40-39-110-36-35-108-32-31-106-4/h15-24,53-54,64,68,77-79,83,94,100-102H,5-14,25-52,55-58H2,1-4H3,(H6-,84,85,86,87,88,89,95,96,97,103,104,105)/p+1/t64-,68+,77+,78-,79-,83-/m0/s1. The van der Waals surface area contributed by atoms with Gasteiger partial charge >= 0.3 is 5.97 Å². The quantitative estimate of drug-likeness (QED) is 0.0152. The zero-order valence-corrected chi connectivity index (χ0v) is 69.2. The van der Waals surface area contributed by atoms with Gasteiger partial charge in [0.1, 0.15) is 60.6 Å². The maximum atomic E-state index is 14.0. The molecule has 11 N–H and O–H groups in total. The number of nitrogens with one attached hydrogen (secondary N) is 4. The average Bonchev–Trinajstić information content (AvgIpc) is 1.62. The predicted molar refractivity (Wildman–Crippen MR) is 436 cm³/mol. The summed E-state index contributed by atoms with van der Waals surface area (Å²) in [6.45, 7) is 13.1. The van der Waals surface area contributed by atoms with E-state index in [2.05, 4.69) is 62.0 Å². The van der Waals surface area contributed by atoms with E-state index < -0.39 is 78.9 Å². The topological polar surface area (TPSA) is 458 Å². The summed E-state index contributed by atoms with van der Waals surface area (Å²) >= 11 is 0. The number of rotatable bonds is 66. The number of imide groups is 1. The number of ether oxygens (including phenoxy) is 14. The number of carbonyl (C=O) groups excluding carboxylic acids is 6. The van der Waals surface area contributed by atoms with Crippen molar-refractivity contribution in [1.82, 2.24) is 35.4 Å². The Labute approximate surface area is 694 Å². The molecule has 0 spiro atoms. The van der Waals surface area contributed by atoms with E-state index in [9.17, 15) is 59.1 Å². The van der Waals surface area contributed by atoms with Gasteiger partial charge in [0.2, 0.25) is 29.9 Å². The number of aromatic carboxylic acids is 1. The Hall–Kier alpha value is -8.35. The zero-order chi connectivity index (χ0) is 85.4. The molecule has 2 aliphatic heterocycles. The van der Waals surface area contributed by atoms with Crippen LogP contribution in [-0.4, -0.2) is 327 Å². The number of benzene rings is 3. The minimum Gasteiger partial charge on any atom is -0.478 e. The van der Waals surface area contributed by atoms with Gasteiger partial charge in [0.05, 0.1) is 195 Å². The van der Waals surface area contributed by atoms with E-state index in [1.165, 1.54) is 18.2 Å². The number of nitrogen functional groups attached to an aromatic ring is 1. The molecule has 1 saturated heterocycles. The lowest BCUT2D eigenvalue weighted by Crippen LogP contribution is -2.60. The van der Waals surface area contributed by atoms with E-state index in [0.29, 0.717) is 212 Å². The summed E-state index contributed by atoms with van der Waals surface area (Å²) in [6, 6.07) is 17.1. The van der Waals surface area contributed by atoms with Gasteiger partial charge in [-0.2, -0.15) is 0 Å². The van der Waals surface area contributed by atoms with Crippen LogP contribution >= 0.6 is 0 Å². The molecule has 6 atom stereocenters. The van der Waals surface area contributed by atoms with Crippen LogP contribution in [0.25, 0.3) is 21.9 Å². The molecule has 0 unspecified atom stereocenters. The first-order valence-corrected chi connectivity index (χ1v) is 41.0. The summed E-state index contributed by atoms with van der Waals surface area (Å²) in [4.78, 5) is 101. The minimum absolute atomic E-state index is 0.0171. The van der Waals surface area contributed by atoms with E-state index in [1.807, 2.05) is 14.1 Å². The maximum Gasteiger partial charge on any atom is 0.335 e. The molecule has 3 aromatic carbocycles. The van der Waals surface area contributed by atoms with Crippen LogP contribution in [0.5, 0.6) is 5.75 Å². The lowest BCUT2D eigenvalue weighted by Gasteiger charge is -2.39. The number of nitrogens with two attached hydrogens (primary N) is 1. The van der Waals surface area contributed by atoms with Crippen LogP contribution < -0.4 is 31.7 Å². The van der Waals surface area contributed by atoms with Crippen molar-refractivity contribution >= 4 is 74.9 Å². The largest absolute Gasteiger partial charge is 0.478 e. The van der Waals surface area contributed by atoms with Crippen molar-refractivity contribution in [2.75, 3.05) is 210 Å². The fourth-order valence-corrected chi connectivity index (χ4v) is 12.9. The van der Waals surface area contributed by atoms with Crippen LogP contribution in [0.3, 0.4) is 0 Å². The van der Waals surface area contributed by atoms with Gasteiger partial charge < -0.3 is 128 Å². The number of fused-ring (bicyclic) bond motifs is 3. The van der Waals surface area contributed by atoms with Gasteiger partial charge in [-0.25, -0.2) is 14.8 Å². The minimum atomic E-state index is -1.77. The Bertz CT molecular complexity index is 3870.